The molecule has 2 heterocycles. The third-order valence-electron chi connectivity index (χ3n) is 2.32. The van der Waals surface area contributed by atoms with Crippen LogP contribution in [0.2, 0.25) is 0 Å². The maximum absolute atomic E-state index is 11.1. The summed E-state index contributed by atoms with van der Waals surface area (Å²) < 4.78 is 36.2. The lowest BCUT2D eigenvalue weighted by Crippen LogP contribution is -2.11. The van der Waals surface area contributed by atoms with E-state index in [1.165, 1.54) is 6.08 Å². The Morgan fingerprint density at radius 1 is 1.25 bits per heavy atom. The normalized spacial score (nSPS) is 25.6. The fourth-order valence-electron chi connectivity index (χ4n) is 1.64. The first-order valence-corrected chi connectivity index (χ1v) is 5.86. The summed E-state index contributed by atoms with van der Waals surface area (Å²) in [5, 5.41) is 0. The summed E-state index contributed by atoms with van der Waals surface area (Å²) in [5.74, 6) is 0.163. The highest BCUT2D eigenvalue weighted by atomic mass is 32.3. The van der Waals surface area contributed by atoms with Gasteiger partial charge in [-0.25, -0.2) is 0 Å². The molecule has 0 bridgehead atoms. The molecule has 3 aliphatic rings. The Morgan fingerprint density at radius 3 is 2.88 bits per heavy atom. The van der Waals surface area contributed by atoms with Crippen LogP contribution in [0.15, 0.2) is 35.2 Å². The molecular formula is C9H6O6S. The maximum atomic E-state index is 11.1. The molecule has 0 aromatic carbocycles. The molecule has 7 heteroatoms. The molecule has 2 aliphatic heterocycles. The quantitative estimate of drug-likeness (QED) is 0.620. The SMILES string of the molecule is O=C1C=C2OC3=C(CC2=CC1)OS(=O)(=O)O3. The molecule has 0 radical (unpaired) electrons. The Hall–Kier alpha value is -1.76. The number of carbonyl (C=O) groups is 1. The van der Waals surface area contributed by atoms with E-state index in [0.29, 0.717) is 12.2 Å². The zero-order chi connectivity index (χ0) is 11.3. The van der Waals surface area contributed by atoms with E-state index in [1.54, 1.807) is 6.08 Å². The Balaban J connectivity index is 1.99. The molecule has 84 valence electrons. The van der Waals surface area contributed by atoms with Gasteiger partial charge in [0.05, 0.1) is 0 Å². The topological polar surface area (TPSA) is 78.9 Å². The fraction of sp³-hybridized carbons (Fsp3) is 0.222. The second kappa shape index (κ2) is 2.88. The van der Waals surface area contributed by atoms with Crippen LogP contribution in [0.5, 0.6) is 0 Å². The maximum Gasteiger partial charge on any atom is 0.503 e. The molecule has 1 aliphatic carbocycles. The van der Waals surface area contributed by atoms with Crippen LogP contribution in [0, 0.1) is 0 Å². The number of hydrogen-bond acceptors (Lipinski definition) is 6. The molecule has 3 rings (SSSR count). The first kappa shape index (κ1) is 9.46. The van der Waals surface area contributed by atoms with Crippen LogP contribution in [-0.2, 0) is 28.3 Å². The average molecular weight is 242 g/mol. The zero-order valence-corrected chi connectivity index (χ0v) is 8.74. The van der Waals surface area contributed by atoms with Gasteiger partial charge in [-0.15, -0.1) is 8.42 Å². The average Bonchev–Trinajstić information content (AvgIpc) is 2.47. The van der Waals surface area contributed by atoms with Crippen LogP contribution in [0.3, 0.4) is 0 Å². The van der Waals surface area contributed by atoms with E-state index >= 15 is 0 Å². The third-order valence-corrected chi connectivity index (χ3v) is 3.08. The van der Waals surface area contributed by atoms with Crippen molar-refractivity contribution in [3.05, 3.63) is 35.2 Å². The highest BCUT2D eigenvalue weighted by Crippen LogP contribution is 2.39. The lowest BCUT2D eigenvalue weighted by molar-refractivity contribution is -0.114. The summed E-state index contributed by atoms with van der Waals surface area (Å²) >= 11 is 0. The number of ketones is 1. The largest absolute Gasteiger partial charge is 0.503 e. The van der Waals surface area contributed by atoms with Crippen molar-refractivity contribution in [2.24, 2.45) is 0 Å². The van der Waals surface area contributed by atoms with E-state index in [1.807, 2.05) is 0 Å². The number of hydrogen-bond donors (Lipinski definition) is 0. The molecule has 0 saturated heterocycles. The van der Waals surface area contributed by atoms with Crippen molar-refractivity contribution in [2.75, 3.05) is 0 Å². The Bertz CT molecular complexity index is 577. The minimum Gasteiger partial charge on any atom is -0.422 e. The standard InChI is InChI=1S/C9H6O6S/c10-6-2-1-5-3-8-9(13-7(5)4-6)15-16(11,12)14-8/h1,4H,2-3H2. The lowest BCUT2D eigenvalue weighted by Gasteiger charge is -2.19. The highest BCUT2D eigenvalue weighted by Gasteiger charge is 2.39. The summed E-state index contributed by atoms with van der Waals surface area (Å²) in [4.78, 5) is 11.1. The van der Waals surface area contributed by atoms with Crippen LogP contribution >= 0.6 is 0 Å². The molecule has 0 amide bonds. The number of ether oxygens (including phenoxy) is 1. The van der Waals surface area contributed by atoms with Gasteiger partial charge in [0.2, 0.25) is 5.76 Å². The van der Waals surface area contributed by atoms with Crippen molar-refractivity contribution < 1.29 is 26.3 Å². The Labute approximate surface area is 91.1 Å². The van der Waals surface area contributed by atoms with E-state index in [2.05, 4.69) is 8.37 Å². The monoisotopic (exact) mass is 242 g/mol. The van der Waals surface area contributed by atoms with Crippen LogP contribution in [0.25, 0.3) is 0 Å². The van der Waals surface area contributed by atoms with Gasteiger partial charge in [-0.05, 0) is 5.57 Å². The Kier molecular flexibility index (Phi) is 1.70. The summed E-state index contributed by atoms with van der Waals surface area (Å²) in [6, 6.07) is 0. The van der Waals surface area contributed by atoms with E-state index in [4.69, 9.17) is 4.74 Å². The molecule has 0 spiro atoms. The third kappa shape index (κ3) is 1.40. The minimum absolute atomic E-state index is 0.0930. The van der Waals surface area contributed by atoms with Gasteiger partial charge in [0, 0.05) is 18.9 Å². The fourth-order valence-corrected chi connectivity index (χ4v) is 2.36. The van der Waals surface area contributed by atoms with Crippen molar-refractivity contribution >= 4 is 16.2 Å². The van der Waals surface area contributed by atoms with Gasteiger partial charge in [0.1, 0.15) is 5.76 Å². The molecule has 16 heavy (non-hydrogen) atoms. The summed E-state index contributed by atoms with van der Waals surface area (Å²) in [6.45, 7) is 0. The van der Waals surface area contributed by atoms with Gasteiger partial charge in [0.15, 0.2) is 5.78 Å². The summed E-state index contributed by atoms with van der Waals surface area (Å²) in [7, 11) is -4.02. The molecule has 0 unspecified atom stereocenters. The van der Waals surface area contributed by atoms with Gasteiger partial charge in [-0.2, -0.15) is 0 Å². The molecule has 0 saturated carbocycles. The second-order valence-electron chi connectivity index (χ2n) is 3.47. The van der Waals surface area contributed by atoms with Crippen LogP contribution in [-0.4, -0.2) is 14.2 Å². The number of rotatable bonds is 0. The predicted molar refractivity (Wildman–Crippen MR) is 49.6 cm³/mol. The zero-order valence-electron chi connectivity index (χ0n) is 7.93. The van der Waals surface area contributed by atoms with Crippen molar-refractivity contribution in [1.29, 1.82) is 0 Å². The Morgan fingerprint density at radius 2 is 2.06 bits per heavy atom. The van der Waals surface area contributed by atoms with Gasteiger partial charge in [-0.3, -0.25) is 4.79 Å². The summed E-state index contributed by atoms with van der Waals surface area (Å²) in [6.07, 6.45) is 3.56. The first-order chi connectivity index (χ1) is 7.53. The van der Waals surface area contributed by atoms with Gasteiger partial charge < -0.3 is 13.1 Å². The first-order valence-electron chi connectivity index (χ1n) is 4.52. The molecule has 0 N–H and O–H groups in total. The van der Waals surface area contributed by atoms with Gasteiger partial charge in [-0.1, -0.05) is 6.08 Å². The van der Waals surface area contributed by atoms with Crippen LogP contribution < -0.4 is 0 Å². The second-order valence-corrected chi connectivity index (χ2v) is 4.62. The number of allylic oxidation sites excluding steroid dienone is 4. The van der Waals surface area contributed by atoms with E-state index in [-0.39, 0.29) is 23.9 Å². The van der Waals surface area contributed by atoms with Crippen molar-refractivity contribution in [1.82, 2.24) is 0 Å². The molecule has 0 aromatic heterocycles. The minimum atomic E-state index is -4.02. The van der Waals surface area contributed by atoms with E-state index in [0.717, 1.165) is 5.57 Å². The van der Waals surface area contributed by atoms with Crippen LogP contribution in [0.1, 0.15) is 12.8 Å². The lowest BCUT2D eigenvalue weighted by atomic mass is 9.99. The van der Waals surface area contributed by atoms with Crippen molar-refractivity contribution in [2.45, 2.75) is 12.8 Å². The molecule has 6 nitrogen and oxygen atoms in total. The van der Waals surface area contributed by atoms with Crippen molar-refractivity contribution in [3.8, 4) is 0 Å². The highest BCUT2D eigenvalue weighted by molar-refractivity contribution is 7.82. The van der Waals surface area contributed by atoms with Crippen molar-refractivity contribution in [3.63, 3.8) is 0 Å². The number of carbonyl (C=O) groups excluding carboxylic acids is 1. The van der Waals surface area contributed by atoms with E-state index < -0.39 is 10.4 Å². The predicted octanol–water partition coefficient (Wildman–Crippen LogP) is 0.650. The summed E-state index contributed by atoms with van der Waals surface area (Å²) in [5.41, 5.74) is 0.735. The number of fused-ring (bicyclic) bond motifs is 1. The smallest absolute Gasteiger partial charge is 0.422 e. The van der Waals surface area contributed by atoms with Gasteiger partial charge in [0.25, 0.3) is 0 Å². The van der Waals surface area contributed by atoms with Gasteiger partial charge >= 0.3 is 16.3 Å². The van der Waals surface area contributed by atoms with E-state index in [9.17, 15) is 13.2 Å². The molecule has 0 fully saturated rings. The molecule has 0 atom stereocenters. The molecule has 0 aromatic rings. The molecular weight excluding hydrogens is 236 g/mol. The van der Waals surface area contributed by atoms with Crippen LogP contribution in [0.4, 0.5) is 0 Å².